The second-order valence-electron chi connectivity index (χ2n) is 13.1. The van der Waals surface area contributed by atoms with E-state index < -0.39 is 0 Å². The van der Waals surface area contributed by atoms with Crippen molar-refractivity contribution in [2.45, 2.75) is 66.7 Å². The van der Waals surface area contributed by atoms with Crippen molar-refractivity contribution in [3.63, 3.8) is 0 Å². The highest BCUT2D eigenvalue weighted by Crippen LogP contribution is 2.38. The van der Waals surface area contributed by atoms with Crippen molar-refractivity contribution in [3.05, 3.63) is 131 Å². The molecule has 0 spiro atoms. The first-order valence-corrected chi connectivity index (χ1v) is 16.7. The van der Waals surface area contributed by atoms with E-state index in [4.69, 9.17) is 14.8 Å². The van der Waals surface area contributed by atoms with Crippen LogP contribution in [0.25, 0.3) is 44.4 Å². The van der Waals surface area contributed by atoms with Crippen molar-refractivity contribution >= 4 is 21.8 Å². The lowest BCUT2D eigenvalue weighted by molar-refractivity contribution is 0.481. The number of ether oxygens (including phenoxy) is 1. The maximum atomic E-state index is 6.72. The van der Waals surface area contributed by atoms with E-state index in [-0.39, 0.29) is 0 Å². The van der Waals surface area contributed by atoms with Gasteiger partial charge in [-0.25, -0.2) is 9.67 Å². The van der Waals surface area contributed by atoms with Gasteiger partial charge >= 0.3 is 0 Å². The molecule has 4 aromatic carbocycles. The van der Waals surface area contributed by atoms with Gasteiger partial charge in [-0.3, -0.25) is 4.57 Å². The fraction of sp³-hybridized carbons (Fsp3) is 0.238. The molecule has 0 amide bonds. The van der Waals surface area contributed by atoms with Crippen LogP contribution in [-0.2, 0) is 0 Å². The molecule has 3 heterocycles. The predicted octanol–water partition coefficient (Wildman–Crippen LogP) is 11.4. The Hall–Kier alpha value is -5.16. The zero-order valence-corrected chi connectivity index (χ0v) is 28.4. The Morgan fingerprint density at radius 3 is 2.28 bits per heavy atom. The molecule has 0 radical (unpaired) electrons. The highest BCUT2D eigenvalue weighted by atomic mass is 16.5. The molecule has 0 aliphatic heterocycles. The lowest BCUT2D eigenvalue weighted by Gasteiger charge is -2.15. The third kappa shape index (κ3) is 5.61. The molecular formula is C42H42N4O. The van der Waals surface area contributed by atoms with Gasteiger partial charge in [0.25, 0.3) is 0 Å². The number of hydrogen-bond acceptors (Lipinski definition) is 3. The predicted molar refractivity (Wildman–Crippen MR) is 195 cm³/mol. The zero-order chi connectivity index (χ0) is 32.8. The first kappa shape index (κ1) is 30.5. The lowest BCUT2D eigenvalue weighted by atomic mass is 9.97. The molecule has 1 unspecified atom stereocenters. The van der Waals surface area contributed by atoms with E-state index in [0.29, 0.717) is 11.8 Å². The molecule has 0 aliphatic rings. The number of hydrogen-bond donors (Lipinski definition) is 0. The summed E-state index contributed by atoms with van der Waals surface area (Å²) in [4.78, 5) is 4.80. The number of nitrogens with zero attached hydrogens (tertiary/aromatic N) is 4. The molecule has 47 heavy (non-hydrogen) atoms. The number of fused-ring (bicyclic) bond motifs is 3. The quantitative estimate of drug-likeness (QED) is 0.170. The summed E-state index contributed by atoms with van der Waals surface area (Å²) in [5.74, 6) is 3.28. The highest BCUT2D eigenvalue weighted by Gasteiger charge is 2.19. The minimum Gasteiger partial charge on any atom is -0.457 e. The first-order valence-electron chi connectivity index (χ1n) is 16.7. The third-order valence-corrected chi connectivity index (χ3v) is 9.49. The van der Waals surface area contributed by atoms with Crippen LogP contribution >= 0.6 is 0 Å². The van der Waals surface area contributed by atoms with Crippen LogP contribution in [0.5, 0.6) is 11.5 Å². The third-order valence-electron chi connectivity index (χ3n) is 9.49. The van der Waals surface area contributed by atoms with E-state index in [1.807, 2.05) is 18.3 Å². The van der Waals surface area contributed by atoms with Crippen molar-refractivity contribution in [2.75, 3.05) is 0 Å². The van der Waals surface area contributed by atoms with E-state index in [1.54, 1.807) is 0 Å². The summed E-state index contributed by atoms with van der Waals surface area (Å²) in [6.07, 6.45) is 2.99. The van der Waals surface area contributed by atoms with Crippen LogP contribution in [0.4, 0.5) is 0 Å². The molecule has 3 aromatic heterocycles. The van der Waals surface area contributed by atoms with Crippen molar-refractivity contribution in [1.82, 2.24) is 19.3 Å². The van der Waals surface area contributed by atoms with Gasteiger partial charge in [0.05, 0.1) is 22.4 Å². The van der Waals surface area contributed by atoms with Crippen LogP contribution in [-0.4, -0.2) is 19.3 Å². The number of rotatable bonds is 8. The van der Waals surface area contributed by atoms with Gasteiger partial charge in [-0.15, -0.1) is 0 Å². The SMILES string of the molecule is CCC(C)c1ccc2c(c1)c1ccc(Oc3cc(C(C)C)cc(-n4nc(C)c(-c5ccccc5)c4C)c3)cc1n2-c1cc(C)ccn1. The molecule has 236 valence electrons. The minimum absolute atomic E-state index is 0.319. The number of benzene rings is 4. The summed E-state index contributed by atoms with van der Waals surface area (Å²) < 4.78 is 11.0. The molecule has 7 aromatic rings. The van der Waals surface area contributed by atoms with E-state index in [2.05, 4.69) is 143 Å². The monoisotopic (exact) mass is 618 g/mol. The van der Waals surface area contributed by atoms with Gasteiger partial charge in [0.2, 0.25) is 0 Å². The van der Waals surface area contributed by atoms with Crippen molar-refractivity contribution in [2.24, 2.45) is 0 Å². The molecule has 1 atom stereocenters. The van der Waals surface area contributed by atoms with Crippen LogP contribution in [0.15, 0.2) is 103 Å². The average molecular weight is 619 g/mol. The summed E-state index contributed by atoms with van der Waals surface area (Å²) >= 11 is 0. The van der Waals surface area contributed by atoms with Crippen LogP contribution in [0.3, 0.4) is 0 Å². The van der Waals surface area contributed by atoms with Crippen molar-refractivity contribution in [3.8, 4) is 34.1 Å². The Labute approximate surface area is 277 Å². The number of aryl methyl sites for hydroxylation is 2. The van der Waals surface area contributed by atoms with Crippen molar-refractivity contribution < 1.29 is 4.74 Å². The molecular weight excluding hydrogens is 576 g/mol. The molecule has 0 saturated heterocycles. The van der Waals surface area contributed by atoms with Gasteiger partial charge in [0.1, 0.15) is 17.3 Å². The fourth-order valence-electron chi connectivity index (χ4n) is 6.69. The number of aromatic nitrogens is 4. The van der Waals surface area contributed by atoms with E-state index in [0.717, 1.165) is 51.8 Å². The van der Waals surface area contributed by atoms with E-state index >= 15 is 0 Å². The van der Waals surface area contributed by atoms with Crippen molar-refractivity contribution in [1.29, 1.82) is 0 Å². The van der Waals surface area contributed by atoms with Gasteiger partial charge < -0.3 is 4.74 Å². The van der Waals surface area contributed by atoms with Crippen LogP contribution in [0, 0.1) is 20.8 Å². The Morgan fingerprint density at radius 2 is 1.53 bits per heavy atom. The van der Waals surface area contributed by atoms with E-state index in [9.17, 15) is 0 Å². The molecule has 7 rings (SSSR count). The van der Waals surface area contributed by atoms with Crippen LogP contribution in [0.2, 0.25) is 0 Å². The van der Waals surface area contributed by atoms with Gasteiger partial charge in [-0.2, -0.15) is 5.10 Å². The van der Waals surface area contributed by atoms with E-state index in [1.165, 1.54) is 38.6 Å². The maximum Gasteiger partial charge on any atom is 0.137 e. The molecule has 5 nitrogen and oxygen atoms in total. The summed E-state index contributed by atoms with van der Waals surface area (Å²) in [6.45, 7) is 15.3. The molecule has 0 saturated carbocycles. The second kappa shape index (κ2) is 12.2. The van der Waals surface area contributed by atoms with Gasteiger partial charge in [0, 0.05) is 40.4 Å². The summed E-state index contributed by atoms with van der Waals surface area (Å²) in [6, 6.07) is 34.5. The largest absolute Gasteiger partial charge is 0.457 e. The Balaban J connectivity index is 1.35. The first-order chi connectivity index (χ1) is 22.7. The number of pyridine rings is 1. The molecule has 0 N–H and O–H groups in total. The topological polar surface area (TPSA) is 44.9 Å². The second-order valence-corrected chi connectivity index (χ2v) is 13.1. The lowest BCUT2D eigenvalue weighted by Crippen LogP contribution is -2.02. The molecule has 0 aliphatic carbocycles. The zero-order valence-electron chi connectivity index (χ0n) is 28.4. The normalized spacial score (nSPS) is 12.3. The Kier molecular flexibility index (Phi) is 7.93. The van der Waals surface area contributed by atoms with Crippen LogP contribution in [0.1, 0.15) is 74.0 Å². The standard InChI is InChI=1S/C42H42N4O/c1-8-28(5)32-14-17-39-38(23-32)37-16-15-35(25-40(37)45(39)41-20-27(4)18-19-43-41)47-36-22-33(26(2)3)21-34(24-36)46-30(7)42(29(6)44-46)31-12-10-9-11-13-31/h9-26,28H,8H2,1-7H3. The summed E-state index contributed by atoms with van der Waals surface area (Å²) in [5.41, 5.74) is 11.4. The Bertz CT molecular complexity index is 2240. The van der Waals surface area contributed by atoms with Crippen LogP contribution < -0.4 is 4.74 Å². The fourth-order valence-corrected chi connectivity index (χ4v) is 6.69. The van der Waals surface area contributed by atoms with Gasteiger partial charge in [-0.1, -0.05) is 64.1 Å². The van der Waals surface area contributed by atoms with Gasteiger partial charge in [0.15, 0.2) is 0 Å². The average Bonchev–Trinajstić information content (AvgIpc) is 3.56. The minimum atomic E-state index is 0.319. The highest BCUT2D eigenvalue weighted by molar-refractivity contribution is 6.09. The summed E-state index contributed by atoms with van der Waals surface area (Å²) in [7, 11) is 0. The maximum absolute atomic E-state index is 6.72. The summed E-state index contributed by atoms with van der Waals surface area (Å²) in [5, 5.41) is 7.42. The smallest absolute Gasteiger partial charge is 0.137 e. The molecule has 0 fully saturated rings. The molecule has 0 bridgehead atoms. The molecule has 5 heteroatoms. The Morgan fingerprint density at radius 1 is 0.723 bits per heavy atom. The van der Waals surface area contributed by atoms with Gasteiger partial charge in [-0.05, 0) is 110 Å².